The number of amides is 1. The monoisotopic (exact) mass is 376 g/mol. The summed E-state index contributed by atoms with van der Waals surface area (Å²) in [6.45, 7) is 6.62. The molecule has 1 atom stereocenters. The number of benzene rings is 1. The number of hydrogen-bond acceptors (Lipinski definition) is 2. The standard InChI is InChI=1S/C21H30ClN3O/c1-17(21(26)23-12-11-18-7-3-2-4-8-18)24-13-15-25(16-14-24)20-10-6-5-9-19(20)22/h5-7,9-10,17H,2-4,8,11-16H2,1H3,(H,23,26)/p+1/t17-/m0/s1. The molecule has 1 fully saturated rings. The summed E-state index contributed by atoms with van der Waals surface area (Å²) in [6, 6.07) is 8.00. The fourth-order valence-corrected chi connectivity index (χ4v) is 4.25. The fraction of sp³-hybridized carbons (Fsp3) is 0.571. The molecule has 0 radical (unpaired) electrons. The average molecular weight is 377 g/mol. The van der Waals surface area contributed by atoms with Crippen molar-refractivity contribution in [1.29, 1.82) is 0 Å². The highest BCUT2D eigenvalue weighted by molar-refractivity contribution is 6.33. The number of nitrogens with zero attached hydrogens (tertiary/aromatic N) is 1. The van der Waals surface area contributed by atoms with Crippen molar-refractivity contribution in [1.82, 2.24) is 5.32 Å². The van der Waals surface area contributed by atoms with E-state index in [-0.39, 0.29) is 11.9 Å². The number of carbonyl (C=O) groups is 1. The Labute approximate surface area is 162 Å². The second-order valence-electron chi connectivity index (χ2n) is 7.47. The number of rotatable bonds is 6. The van der Waals surface area contributed by atoms with Crippen molar-refractivity contribution in [3.63, 3.8) is 0 Å². The lowest BCUT2D eigenvalue weighted by atomic mass is 9.97. The molecule has 4 nitrogen and oxygen atoms in total. The highest BCUT2D eigenvalue weighted by atomic mass is 35.5. The summed E-state index contributed by atoms with van der Waals surface area (Å²) in [4.78, 5) is 16.2. The molecule has 1 aromatic carbocycles. The van der Waals surface area contributed by atoms with Crippen LogP contribution in [0.3, 0.4) is 0 Å². The molecule has 2 N–H and O–H groups in total. The fourth-order valence-electron chi connectivity index (χ4n) is 3.99. The quantitative estimate of drug-likeness (QED) is 0.748. The normalized spacial score (nSPS) is 19.8. The van der Waals surface area contributed by atoms with Crippen LogP contribution in [-0.2, 0) is 4.79 Å². The van der Waals surface area contributed by atoms with E-state index in [1.54, 1.807) is 0 Å². The van der Waals surface area contributed by atoms with Crippen molar-refractivity contribution < 1.29 is 9.69 Å². The molecule has 0 saturated carbocycles. The van der Waals surface area contributed by atoms with Gasteiger partial charge in [-0.3, -0.25) is 4.79 Å². The lowest BCUT2D eigenvalue weighted by Crippen LogP contribution is -3.19. The van der Waals surface area contributed by atoms with Gasteiger partial charge in [-0.2, -0.15) is 0 Å². The number of anilines is 1. The molecule has 1 saturated heterocycles. The van der Waals surface area contributed by atoms with Crippen molar-refractivity contribution >= 4 is 23.2 Å². The van der Waals surface area contributed by atoms with Crippen LogP contribution in [0, 0.1) is 0 Å². The van der Waals surface area contributed by atoms with E-state index in [1.807, 2.05) is 18.2 Å². The van der Waals surface area contributed by atoms with Crippen molar-refractivity contribution in [2.24, 2.45) is 0 Å². The van der Waals surface area contributed by atoms with Crippen LogP contribution in [0.15, 0.2) is 35.9 Å². The lowest BCUT2D eigenvalue weighted by Gasteiger charge is -2.36. The molecule has 0 unspecified atom stereocenters. The number of piperazine rings is 1. The van der Waals surface area contributed by atoms with Gasteiger partial charge in [0.05, 0.1) is 36.9 Å². The maximum absolute atomic E-state index is 12.5. The Kier molecular flexibility index (Phi) is 6.98. The molecule has 3 rings (SSSR count). The van der Waals surface area contributed by atoms with Gasteiger partial charge in [0.15, 0.2) is 6.04 Å². The van der Waals surface area contributed by atoms with Crippen molar-refractivity contribution in [2.45, 2.75) is 45.1 Å². The highest BCUT2D eigenvalue weighted by Crippen LogP contribution is 2.24. The molecule has 0 spiro atoms. The van der Waals surface area contributed by atoms with Crippen molar-refractivity contribution in [2.75, 3.05) is 37.6 Å². The minimum absolute atomic E-state index is 0.00345. The van der Waals surface area contributed by atoms with E-state index in [0.717, 1.165) is 49.9 Å². The number of quaternary nitrogens is 1. The van der Waals surface area contributed by atoms with Gasteiger partial charge >= 0.3 is 0 Å². The molecular weight excluding hydrogens is 346 g/mol. The Balaban J connectivity index is 1.42. The van der Waals surface area contributed by atoms with Gasteiger partial charge in [0.2, 0.25) is 0 Å². The Morgan fingerprint density at radius 2 is 2.04 bits per heavy atom. The maximum atomic E-state index is 12.5. The van der Waals surface area contributed by atoms with E-state index in [0.29, 0.717) is 0 Å². The van der Waals surface area contributed by atoms with Crippen LogP contribution in [0.1, 0.15) is 39.0 Å². The predicted molar refractivity (Wildman–Crippen MR) is 108 cm³/mol. The first-order chi connectivity index (χ1) is 12.6. The molecule has 0 bridgehead atoms. The number of allylic oxidation sites excluding steroid dienone is 1. The number of hydrogen-bond donors (Lipinski definition) is 2. The third-order valence-corrected chi connectivity index (χ3v) is 6.05. The van der Waals surface area contributed by atoms with Gasteiger partial charge < -0.3 is 15.1 Å². The van der Waals surface area contributed by atoms with E-state index in [2.05, 4.69) is 29.3 Å². The average Bonchev–Trinajstić information content (AvgIpc) is 2.69. The van der Waals surface area contributed by atoms with Gasteiger partial charge in [-0.15, -0.1) is 0 Å². The summed E-state index contributed by atoms with van der Waals surface area (Å²) in [5, 5.41) is 3.95. The zero-order chi connectivity index (χ0) is 18.4. The maximum Gasteiger partial charge on any atom is 0.278 e. The van der Waals surface area contributed by atoms with E-state index in [9.17, 15) is 4.79 Å². The lowest BCUT2D eigenvalue weighted by molar-refractivity contribution is -0.914. The molecule has 1 heterocycles. The van der Waals surface area contributed by atoms with Crippen LogP contribution in [-0.4, -0.2) is 44.7 Å². The Bertz CT molecular complexity index is 638. The van der Waals surface area contributed by atoms with Gasteiger partial charge in [0, 0.05) is 6.54 Å². The van der Waals surface area contributed by atoms with Gasteiger partial charge in [-0.25, -0.2) is 0 Å². The second-order valence-corrected chi connectivity index (χ2v) is 7.87. The summed E-state index contributed by atoms with van der Waals surface area (Å²) < 4.78 is 0. The van der Waals surface area contributed by atoms with E-state index >= 15 is 0 Å². The molecule has 1 aromatic rings. The van der Waals surface area contributed by atoms with E-state index < -0.39 is 0 Å². The number of para-hydroxylation sites is 1. The minimum Gasteiger partial charge on any atom is -0.359 e. The van der Waals surface area contributed by atoms with Crippen LogP contribution in [0.4, 0.5) is 5.69 Å². The van der Waals surface area contributed by atoms with Crippen LogP contribution in [0.2, 0.25) is 5.02 Å². The molecule has 26 heavy (non-hydrogen) atoms. The van der Waals surface area contributed by atoms with E-state index in [4.69, 9.17) is 11.6 Å². The third-order valence-electron chi connectivity index (χ3n) is 5.73. The highest BCUT2D eigenvalue weighted by Gasteiger charge is 2.29. The summed E-state index contributed by atoms with van der Waals surface area (Å²) in [5.74, 6) is 0.183. The van der Waals surface area contributed by atoms with Gasteiger partial charge in [-0.05, 0) is 51.2 Å². The number of nitrogens with one attached hydrogen (secondary N) is 2. The Morgan fingerprint density at radius 1 is 1.27 bits per heavy atom. The molecule has 0 aromatic heterocycles. The van der Waals surface area contributed by atoms with Crippen molar-refractivity contribution in [3.05, 3.63) is 40.9 Å². The molecule has 1 amide bonds. The molecular formula is C21H31ClN3O+. The largest absolute Gasteiger partial charge is 0.359 e. The topological polar surface area (TPSA) is 36.8 Å². The number of halogens is 1. The van der Waals surface area contributed by atoms with Gasteiger partial charge in [0.25, 0.3) is 5.91 Å². The van der Waals surface area contributed by atoms with Crippen molar-refractivity contribution in [3.8, 4) is 0 Å². The van der Waals surface area contributed by atoms with Crippen LogP contribution < -0.4 is 15.1 Å². The molecule has 5 heteroatoms. The van der Waals surface area contributed by atoms with Crippen LogP contribution >= 0.6 is 11.6 Å². The molecule has 1 aliphatic heterocycles. The zero-order valence-electron chi connectivity index (χ0n) is 15.8. The SMILES string of the molecule is C[C@@H](C(=O)NCCC1=CCCCC1)[NH+]1CCN(c2ccccc2Cl)CC1. The minimum atomic E-state index is 0.00345. The van der Waals surface area contributed by atoms with Gasteiger partial charge in [-0.1, -0.05) is 35.4 Å². The third kappa shape index (κ3) is 5.01. The zero-order valence-corrected chi connectivity index (χ0v) is 16.5. The summed E-state index contributed by atoms with van der Waals surface area (Å²) in [6.07, 6.45) is 8.40. The summed E-state index contributed by atoms with van der Waals surface area (Å²) >= 11 is 6.31. The Morgan fingerprint density at radius 3 is 2.73 bits per heavy atom. The Hall–Kier alpha value is -1.52. The van der Waals surface area contributed by atoms with Crippen LogP contribution in [0.5, 0.6) is 0 Å². The summed E-state index contributed by atoms with van der Waals surface area (Å²) in [7, 11) is 0. The van der Waals surface area contributed by atoms with Gasteiger partial charge in [0.1, 0.15) is 0 Å². The molecule has 1 aliphatic carbocycles. The number of carbonyl (C=O) groups excluding carboxylic acids is 1. The first kappa shape index (κ1) is 19.2. The first-order valence-corrected chi connectivity index (χ1v) is 10.3. The second kappa shape index (κ2) is 9.43. The predicted octanol–water partition coefficient (Wildman–Crippen LogP) is 2.44. The summed E-state index contributed by atoms with van der Waals surface area (Å²) in [5.41, 5.74) is 2.62. The molecule has 142 valence electrons. The smallest absolute Gasteiger partial charge is 0.278 e. The first-order valence-electron chi connectivity index (χ1n) is 9.95. The molecule has 2 aliphatic rings. The van der Waals surface area contributed by atoms with E-state index in [1.165, 1.54) is 36.2 Å². The van der Waals surface area contributed by atoms with Crippen LogP contribution in [0.25, 0.3) is 0 Å².